The van der Waals surface area contributed by atoms with Crippen LogP contribution in [0.15, 0.2) is 54.7 Å². The Bertz CT molecular complexity index is 1050. The number of esters is 1. The van der Waals surface area contributed by atoms with Crippen molar-refractivity contribution in [3.05, 3.63) is 70.9 Å². The van der Waals surface area contributed by atoms with Gasteiger partial charge in [0.2, 0.25) is 0 Å². The second-order valence-corrected chi connectivity index (χ2v) is 6.94. The maximum absolute atomic E-state index is 12.5. The van der Waals surface area contributed by atoms with Crippen LogP contribution in [0.1, 0.15) is 35.9 Å². The smallest absolute Gasteiger partial charge is 0.413 e. The lowest BCUT2D eigenvalue weighted by molar-refractivity contribution is 0.0526. The summed E-state index contributed by atoms with van der Waals surface area (Å²) in [5.74, 6) is -0.0868. The average molecular weight is 428 g/mol. The summed E-state index contributed by atoms with van der Waals surface area (Å²) in [5.41, 5.74) is 2.40. The minimum absolute atomic E-state index is 0.241. The van der Waals surface area contributed by atoms with Gasteiger partial charge in [-0.15, -0.1) is 0 Å². The quantitative estimate of drug-likeness (QED) is 0.545. The first kappa shape index (κ1) is 21.4. The fourth-order valence-electron chi connectivity index (χ4n) is 2.93. The van der Waals surface area contributed by atoms with Crippen LogP contribution in [0.2, 0.25) is 5.02 Å². The third kappa shape index (κ3) is 4.80. The summed E-state index contributed by atoms with van der Waals surface area (Å²) in [6.07, 6.45) is 0.554. The van der Waals surface area contributed by atoms with Gasteiger partial charge in [-0.05, 0) is 37.1 Å². The first-order valence-electron chi connectivity index (χ1n) is 9.42. The minimum Gasteiger partial charge on any atom is -0.462 e. The molecule has 0 radical (unpaired) electrons. The predicted molar refractivity (Wildman–Crippen MR) is 115 cm³/mol. The summed E-state index contributed by atoms with van der Waals surface area (Å²) in [6.45, 7) is 3.76. The molecule has 1 N–H and O–H groups in total. The predicted octanol–water partition coefficient (Wildman–Crippen LogP) is 5.23. The molecular weight excluding hydrogens is 406 g/mol. The van der Waals surface area contributed by atoms with Crippen LogP contribution in [0.5, 0.6) is 0 Å². The summed E-state index contributed by atoms with van der Waals surface area (Å²) in [4.78, 5) is 24.6. The summed E-state index contributed by atoms with van der Waals surface area (Å²) in [6, 6.07) is 14.4. The van der Waals surface area contributed by atoms with Gasteiger partial charge in [0, 0.05) is 12.6 Å². The zero-order chi connectivity index (χ0) is 21.7. The van der Waals surface area contributed by atoms with Crippen LogP contribution in [-0.2, 0) is 16.5 Å². The van der Waals surface area contributed by atoms with Crippen molar-refractivity contribution in [2.75, 3.05) is 11.9 Å². The van der Waals surface area contributed by atoms with Crippen molar-refractivity contribution in [2.24, 2.45) is 7.05 Å². The van der Waals surface area contributed by atoms with Gasteiger partial charge < -0.3 is 9.47 Å². The lowest BCUT2D eigenvalue weighted by Crippen LogP contribution is -2.18. The molecule has 3 rings (SSSR count). The summed E-state index contributed by atoms with van der Waals surface area (Å²) >= 11 is 6.15. The lowest BCUT2D eigenvalue weighted by Gasteiger charge is -2.15. The van der Waals surface area contributed by atoms with E-state index in [1.165, 1.54) is 4.68 Å². The first-order chi connectivity index (χ1) is 14.4. The van der Waals surface area contributed by atoms with Gasteiger partial charge in [-0.1, -0.05) is 48.0 Å². The number of ether oxygens (including phenoxy) is 2. The van der Waals surface area contributed by atoms with Gasteiger partial charge in [0.15, 0.2) is 0 Å². The van der Waals surface area contributed by atoms with E-state index in [4.69, 9.17) is 21.1 Å². The Morgan fingerprint density at radius 2 is 1.93 bits per heavy atom. The van der Waals surface area contributed by atoms with E-state index in [9.17, 15) is 9.59 Å². The van der Waals surface area contributed by atoms with Gasteiger partial charge in [0.1, 0.15) is 11.9 Å². The average Bonchev–Trinajstić information content (AvgIpc) is 3.09. The lowest BCUT2D eigenvalue weighted by atomic mass is 10.1. The van der Waals surface area contributed by atoms with Gasteiger partial charge >= 0.3 is 12.1 Å². The molecule has 1 unspecified atom stereocenters. The molecule has 1 amide bonds. The number of benzene rings is 2. The van der Waals surface area contributed by atoms with Crippen LogP contribution in [0.25, 0.3) is 11.1 Å². The van der Waals surface area contributed by atoms with Gasteiger partial charge in [0.25, 0.3) is 0 Å². The number of hydrogen-bond donors (Lipinski definition) is 1. The molecule has 0 saturated carbocycles. The van der Waals surface area contributed by atoms with E-state index in [1.807, 2.05) is 30.3 Å². The Labute approximate surface area is 179 Å². The molecule has 3 aromatic rings. The van der Waals surface area contributed by atoms with E-state index in [1.54, 1.807) is 45.3 Å². The number of aryl methyl sites for hydroxylation is 1. The maximum Gasteiger partial charge on any atom is 0.413 e. The minimum atomic E-state index is -0.615. The number of carbonyl (C=O) groups excluding carboxylic acids is 2. The van der Waals surface area contributed by atoms with Crippen LogP contribution in [0, 0.1) is 0 Å². The molecule has 0 bridgehead atoms. The van der Waals surface area contributed by atoms with Crippen LogP contribution < -0.4 is 5.32 Å². The Morgan fingerprint density at radius 3 is 2.63 bits per heavy atom. The molecule has 0 aliphatic rings. The largest absolute Gasteiger partial charge is 0.462 e. The molecular formula is C22H22ClN3O4. The molecule has 30 heavy (non-hydrogen) atoms. The zero-order valence-electron chi connectivity index (χ0n) is 16.9. The highest BCUT2D eigenvalue weighted by molar-refractivity contribution is 6.33. The van der Waals surface area contributed by atoms with E-state index < -0.39 is 18.2 Å². The topological polar surface area (TPSA) is 82.5 Å². The van der Waals surface area contributed by atoms with Gasteiger partial charge in [0.05, 0.1) is 23.4 Å². The highest BCUT2D eigenvalue weighted by atomic mass is 35.5. The van der Waals surface area contributed by atoms with Gasteiger partial charge in [-0.25, -0.2) is 9.59 Å². The van der Waals surface area contributed by atoms with Crippen molar-refractivity contribution in [3.63, 3.8) is 0 Å². The highest BCUT2D eigenvalue weighted by Gasteiger charge is 2.19. The molecule has 0 spiro atoms. The van der Waals surface area contributed by atoms with E-state index in [2.05, 4.69) is 10.4 Å². The molecule has 1 atom stereocenters. The second kappa shape index (κ2) is 9.45. The SMILES string of the molecule is CCOC(=O)c1cc(-c2cnn(C)c2NC(=O)OC(C)c2ccccc2)ccc1Cl. The van der Waals surface area contributed by atoms with Crippen LogP contribution >= 0.6 is 11.6 Å². The zero-order valence-corrected chi connectivity index (χ0v) is 17.6. The van der Waals surface area contributed by atoms with Crippen molar-refractivity contribution < 1.29 is 19.1 Å². The molecule has 2 aromatic carbocycles. The van der Waals surface area contributed by atoms with E-state index in [-0.39, 0.29) is 17.2 Å². The Morgan fingerprint density at radius 1 is 1.20 bits per heavy atom. The molecule has 1 heterocycles. The van der Waals surface area contributed by atoms with Gasteiger partial charge in [-0.3, -0.25) is 10.00 Å². The van der Waals surface area contributed by atoms with Crippen molar-refractivity contribution in [2.45, 2.75) is 20.0 Å². The molecule has 8 heteroatoms. The van der Waals surface area contributed by atoms with E-state index in [0.29, 0.717) is 16.9 Å². The standard InChI is InChI=1S/C22H22ClN3O4/c1-4-29-21(27)17-12-16(10-11-19(17)23)18-13-24-26(3)20(18)25-22(28)30-14(2)15-8-6-5-7-9-15/h5-14H,4H2,1-3H3,(H,25,28). The number of rotatable bonds is 6. The second-order valence-electron chi connectivity index (χ2n) is 6.53. The number of nitrogens with zero attached hydrogens (tertiary/aromatic N) is 2. The number of amides is 1. The van der Waals surface area contributed by atoms with Gasteiger partial charge in [-0.2, -0.15) is 5.10 Å². The monoisotopic (exact) mass is 427 g/mol. The fraction of sp³-hybridized carbons (Fsp3) is 0.227. The molecule has 0 saturated heterocycles. The number of aromatic nitrogens is 2. The van der Waals surface area contributed by atoms with Crippen molar-refractivity contribution in [3.8, 4) is 11.1 Å². The van der Waals surface area contributed by atoms with Crippen molar-refractivity contribution in [1.82, 2.24) is 9.78 Å². The Balaban J connectivity index is 1.82. The van der Waals surface area contributed by atoms with E-state index in [0.717, 1.165) is 5.56 Å². The molecule has 7 nitrogen and oxygen atoms in total. The number of nitrogens with one attached hydrogen (secondary N) is 1. The van der Waals surface area contributed by atoms with Crippen LogP contribution in [-0.4, -0.2) is 28.4 Å². The normalized spacial score (nSPS) is 11.6. The number of hydrogen-bond acceptors (Lipinski definition) is 5. The van der Waals surface area contributed by atoms with Crippen molar-refractivity contribution >= 4 is 29.5 Å². The molecule has 1 aromatic heterocycles. The fourth-order valence-corrected chi connectivity index (χ4v) is 3.13. The van der Waals surface area contributed by atoms with Crippen LogP contribution in [0.4, 0.5) is 10.6 Å². The molecule has 0 fully saturated rings. The Kier molecular flexibility index (Phi) is 6.74. The molecule has 0 aliphatic carbocycles. The number of carbonyl (C=O) groups is 2. The van der Waals surface area contributed by atoms with Crippen molar-refractivity contribution in [1.29, 1.82) is 0 Å². The first-order valence-corrected chi connectivity index (χ1v) is 9.80. The summed E-state index contributed by atoms with van der Waals surface area (Å²) < 4.78 is 12.0. The third-order valence-electron chi connectivity index (χ3n) is 4.48. The Hall–Kier alpha value is -3.32. The van der Waals surface area contributed by atoms with Crippen LogP contribution in [0.3, 0.4) is 0 Å². The molecule has 156 valence electrons. The maximum atomic E-state index is 12.5. The molecule has 0 aliphatic heterocycles. The summed E-state index contributed by atoms with van der Waals surface area (Å²) in [5, 5.41) is 7.23. The number of halogens is 1. The highest BCUT2D eigenvalue weighted by Crippen LogP contribution is 2.31. The summed E-state index contributed by atoms with van der Waals surface area (Å²) in [7, 11) is 1.70. The number of anilines is 1. The third-order valence-corrected chi connectivity index (χ3v) is 4.81. The van der Waals surface area contributed by atoms with E-state index >= 15 is 0 Å².